The number of aromatic nitrogens is 3. The zero-order valence-corrected chi connectivity index (χ0v) is 13.1. The minimum absolute atomic E-state index is 0.106. The first-order chi connectivity index (χ1) is 9.99. The Morgan fingerprint density at radius 1 is 1.24 bits per heavy atom. The van der Waals surface area contributed by atoms with E-state index in [1.807, 2.05) is 24.3 Å². The van der Waals surface area contributed by atoms with Crippen LogP contribution in [-0.4, -0.2) is 26.8 Å². The number of hydrogen-bond acceptors (Lipinski definition) is 4. The summed E-state index contributed by atoms with van der Waals surface area (Å²) in [5.41, 5.74) is 5.48. The molecule has 0 unspecified atom stereocenters. The van der Waals surface area contributed by atoms with Gasteiger partial charge in [0, 0.05) is 10.4 Å². The van der Waals surface area contributed by atoms with Gasteiger partial charge in [0.25, 0.3) is 5.91 Å². The van der Waals surface area contributed by atoms with Crippen LogP contribution in [0.3, 0.4) is 0 Å². The minimum Gasteiger partial charge on any atom is -0.273 e. The molecule has 2 amide bonds. The maximum atomic E-state index is 11.8. The van der Waals surface area contributed by atoms with Gasteiger partial charge in [-0.1, -0.05) is 31.2 Å². The molecular weight excluding hydrogens is 338 g/mol. The lowest BCUT2D eigenvalue weighted by atomic mass is 10.2. The fourth-order valence-electron chi connectivity index (χ4n) is 1.45. The van der Waals surface area contributed by atoms with Crippen molar-refractivity contribution < 1.29 is 9.59 Å². The monoisotopic (exact) mass is 351 g/mol. The van der Waals surface area contributed by atoms with Crippen LogP contribution in [-0.2, 0) is 4.79 Å². The molecule has 0 spiro atoms. The number of carbonyl (C=O) groups is 2. The van der Waals surface area contributed by atoms with Gasteiger partial charge in [-0.2, -0.15) is 0 Å². The number of amides is 2. The smallest absolute Gasteiger partial charge is 0.273 e. The van der Waals surface area contributed by atoms with E-state index < -0.39 is 5.91 Å². The first kappa shape index (κ1) is 15.2. The van der Waals surface area contributed by atoms with Crippen molar-refractivity contribution in [2.24, 2.45) is 5.92 Å². The average Bonchev–Trinajstić information content (AvgIpc) is 2.94. The molecule has 2 aromatic rings. The third-order valence-corrected chi connectivity index (χ3v) is 3.32. The first-order valence-corrected chi connectivity index (χ1v) is 7.06. The van der Waals surface area contributed by atoms with Crippen molar-refractivity contribution in [2.45, 2.75) is 13.8 Å². The standard InChI is InChI=1S/C13H14BrN5O2/c1-8(2)12(20)16-17-13(21)10-7-19(18-15-10)11-6-4-3-5-9(11)14/h3-8H,1-2H3,(H,16,20)(H,17,21). The van der Waals surface area contributed by atoms with Crippen LogP contribution in [0, 0.1) is 5.92 Å². The second-order valence-electron chi connectivity index (χ2n) is 4.60. The van der Waals surface area contributed by atoms with Gasteiger partial charge in [0.2, 0.25) is 5.91 Å². The average molecular weight is 352 g/mol. The highest BCUT2D eigenvalue weighted by Crippen LogP contribution is 2.19. The van der Waals surface area contributed by atoms with Gasteiger partial charge in [-0.25, -0.2) is 4.68 Å². The Balaban J connectivity index is 2.08. The van der Waals surface area contributed by atoms with Gasteiger partial charge in [0.05, 0.1) is 11.9 Å². The number of nitrogens with one attached hydrogen (secondary N) is 2. The Hall–Kier alpha value is -2.22. The van der Waals surface area contributed by atoms with Crippen molar-refractivity contribution in [3.8, 4) is 5.69 Å². The third kappa shape index (κ3) is 3.66. The maximum absolute atomic E-state index is 11.8. The Bertz CT molecular complexity index is 668. The van der Waals surface area contributed by atoms with E-state index in [4.69, 9.17) is 0 Å². The SMILES string of the molecule is CC(C)C(=O)NNC(=O)c1cn(-c2ccccc2Br)nn1. The fourth-order valence-corrected chi connectivity index (χ4v) is 1.92. The van der Waals surface area contributed by atoms with Crippen molar-refractivity contribution in [3.63, 3.8) is 0 Å². The summed E-state index contributed by atoms with van der Waals surface area (Å²) in [6, 6.07) is 7.42. The van der Waals surface area contributed by atoms with Crippen LogP contribution in [0.15, 0.2) is 34.9 Å². The molecule has 7 nitrogen and oxygen atoms in total. The Morgan fingerprint density at radius 3 is 2.62 bits per heavy atom. The number of halogens is 1. The highest BCUT2D eigenvalue weighted by atomic mass is 79.9. The van der Waals surface area contributed by atoms with E-state index in [1.165, 1.54) is 10.9 Å². The summed E-state index contributed by atoms with van der Waals surface area (Å²) >= 11 is 3.40. The fraction of sp³-hybridized carbons (Fsp3) is 0.231. The highest BCUT2D eigenvalue weighted by molar-refractivity contribution is 9.10. The number of rotatable bonds is 3. The second-order valence-corrected chi connectivity index (χ2v) is 5.45. The second kappa shape index (κ2) is 6.49. The lowest BCUT2D eigenvalue weighted by Crippen LogP contribution is -2.43. The Morgan fingerprint density at radius 2 is 1.95 bits per heavy atom. The Kier molecular flexibility index (Phi) is 4.69. The molecule has 0 aliphatic heterocycles. The summed E-state index contributed by atoms with van der Waals surface area (Å²) < 4.78 is 2.30. The summed E-state index contributed by atoms with van der Waals surface area (Å²) in [5.74, 6) is -1.02. The van der Waals surface area contributed by atoms with Crippen LogP contribution in [0.2, 0.25) is 0 Å². The quantitative estimate of drug-likeness (QED) is 0.819. The van der Waals surface area contributed by atoms with E-state index in [1.54, 1.807) is 13.8 Å². The summed E-state index contributed by atoms with van der Waals surface area (Å²) in [7, 11) is 0. The molecule has 1 aromatic carbocycles. The molecule has 8 heteroatoms. The van der Waals surface area contributed by atoms with E-state index in [-0.39, 0.29) is 17.5 Å². The lowest BCUT2D eigenvalue weighted by molar-refractivity contribution is -0.124. The van der Waals surface area contributed by atoms with Gasteiger partial charge in [-0.15, -0.1) is 5.10 Å². The van der Waals surface area contributed by atoms with E-state index in [0.29, 0.717) is 0 Å². The molecule has 0 atom stereocenters. The number of benzene rings is 1. The molecule has 0 aliphatic carbocycles. The van der Waals surface area contributed by atoms with Gasteiger partial charge >= 0.3 is 0 Å². The zero-order valence-electron chi connectivity index (χ0n) is 11.5. The van der Waals surface area contributed by atoms with E-state index in [0.717, 1.165) is 10.2 Å². The molecule has 2 N–H and O–H groups in total. The van der Waals surface area contributed by atoms with Gasteiger partial charge in [0.15, 0.2) is 5.69 Å². The summed E-state index contributed by atoms with van der Waals surface area (Å²) in [6.45, 7) is 3.45. The van der Waals surface area contributed by atoms with Gasteiger partial charge < -0.3 is 0 Å². The molecule has 0 radical (unpaired) electrons. The topological polar surface area (TPSA) is 88.9 Å². The highest BCUT2D eigenvalue weighted by Gasteiger charge is 2.14. The van der Waals surface area contributed by atoms with Crippen molar-refractivity contribution >= 4 is 27.7 Å². The van der Waals surface area contributed by atoms with E-state index in [2.05, 4.69) is 37.1 Å². The number of para-hydroxylation sites is 1. The maximum Gasteiger partial charge on any atom is 0.291 e. The molecule has 1 aromatic heterocycles. The van der Waals surface area contributed by atoms with Gasteiger partial charge in [-0.05, 0) is 28.1 Å². The molecule has 2 rings (SSSR count). The molecule has 110 valence electrons. The molecule has 0 aliphatic rings. The van der Waals surface area contributed by atoms with Crippen LogP contribution < -0.4 is 10.9 Å². The van der Waals surface area contributed by atoms with Crippen molar-refractivity contribution in [1.82, 2.24) is 25.8 Å². The summed E-state index contributed by atoms with van der Waals surface area (Å²) in [4.78, 5) is 23.2. The molecule has 0 bridgehead atoms. The van der Waals surface area contributed by atoms with Crippen molar-refractivity contribution in [3.05, 3.63) is 40.6 Å². The predicted molar refractivity (Wildman–Crippen MR) is 79.5 cm³/mol. The number of hydrogen-bond donors (Lipinski definition) is 2. The van der Waals surface area contributed by atoms with Crippen LogP contribution in [0.4, 0.5) is 0 Å². The molecule has 0 fully saturated rings. The lowest BCUT2D eigenvalue weighted by Gasteiger charge is -2.07. The molecular formula is C13H14BrN5O2. The minimum atomic E-state index is -0.526. The van der Waals surface area contributed by atoms with Crippen LogP contribution >= 0.6 is 15.9 Å². The largest absolute Gasteiger partial charge is 0.291 e. The molecule has 0 saturated heterocycles. The zero-order chi connectivity index (χ0) is 15.4. The van der Waals surface area contributed by atoms with Gasteiger partial charge in [-0.3, -0.25) is 20.4 Å². The van der Waals surface area contributed by atoms with Crippen LogP contribution in [0.25, 0.3) is 5.69 Å². The van der Waals surface area contributed by atoms with E-state index in [9.17, 15) is 9.59 Å². The van der Waals surface area contributed by atoms with Crippen molar-refractivity contribution in [2.75, 3.05) is 0 Å². The molecule has 0 saturated carbocycles. The predicted octanol–water partition coefficient (Wildman–Crippen LogP) is 1.45. The van der Waals surface area contributed by atoms with Crippen LogP contribution in [0.5, 0.6) is 0 Å². The molecule has 1 heterocycles. The van der Waals surface area contributed by atoms with Gasteiger partial charge in [0.1, 0.15) is 0 Å². The Labute approximate surface area is 129 Å². The number of nitrogens with zero attached hydrogens (tertiary/aromatic N) is 3. The number of hydrazine groups is 1. The summed E-state index contributed by atoms with van der Waals surface area (Å²) in [6.07, 6.45) is 1.48. The summed E-state index contributed by atoms with van der Waals surface area (Å²) in [5, 5.41) is 7.68. The van der Waals surface area contributed by atoms with Crippen molar-refractivity contribution in [1.29, 1.82) is 0 Å². The number of carbonyl (C=O) groups excluding carboxylic acids is 2. The molecule has 21 heavy (non-hydrogen) atoms. The van der Waals surface area contributed by atoms with E-state index >= 15 is 0 Å². The third-order valence-electron chi connectivity index (χ3n) is 2.65. The van der Waals surface area contributed by atoms with Crippen LogP contribution in [0.1, 0.15) is 24.3 Å². The normalized spacial score (nSPS) is 10.5. The first-order valence-electron chi connectivity index (χ1n) is 6.26.